The van der Waals surface area contributed by atoms with Crippen molar-refractivity contribution < 1.29 is 14.3 Å². The molecule has 3 heterocycles. The first-order valence-electron chi connectivity index (χ1n) is 12.1. The Morgan fingerprint density at radius 1 is 1.11 bits per heavy atom. The monoisotopic (exact) mass is 501 g/mol. The number of likely N-dealkylation sites (tertiary alicyclic amines) is 1. The lowest BCUT2D eigenvalue weighted by Gasteiger charge is -2.31. The molecule has 0 spiro atoms. The van der Waals surface area contributed by atoms with E-state index in [9.17, 15) is 9.59 Å². The molecule has 0 saturated carbocycles. The van der Waals surface area contributed by atoms with Crippen LogP contribution in [0.4, 0.5) is 29.1 Å². The van der Waals surface area contributed by atoms with Gasteiger partial charge in [-0.05, 0) is 61.6 Å². The Bertz CT molecular complexity index is 1300. The van der Waals surface area contributed by atoms with Gasteiger partial charge >= 0.3 is 0 Å². The average Bonchev–Trinajstić information content (AvgIpc) is 2.91. The molecule has 192 valence electrons. The summed E-state index contributed by atoms with van der Waals surface area (Å²) in [7, 11) is 1.63. The van der Waals surface area contributed by atoms with Crippen molar-refractivity contribution in [3.8, 4) is 5.75 Å². The van der Waals surface area contributed by atoms with Crippen molar-refractivity contribution in [2.75, 3.05) is 36.1 Å². The smallest absolute Gasteiger partial charge is 0.248 e. The number of nitrogens with zero attached hydrogens (tertiary/aromatic N) is 4. The minimum atomic E-state index is -0.337. The lowest BCUT2D eigenvalue weighted by atomic mass is 9.89. The molecule has 0 radical (unpaired) electrons. The summed E-state index contributed by atoms with van der Waals surface area (Å²) in [6.45, 7) is 8.51. The molecular weight excluding hydrogens is 470 g/mol. The highest BCUT2D eigenvalue weighted by atomic mass is 16.5. The number of hydrogen-bond donors (Lipinski definition) is 3. The third-order valence-corrected chi connectivity index (χ3v) is 6.29. The fourth-order valence-corrected chi connectivity index (χ4v) is 4.21. The SMILES string of the molecule is C=CC(=O)Nc1cccc(Nc2nc(Nc3ccc(C4CCN(C(C)=O)CC4)cc3OC)ncc2C)n1. The quantitative estimate of drug-likeness (QED) is 0.385. The molecule has 1 aliphatic heterocycles. The van der Waals surface area contributed by atoms with Gasteiger partial charge in [-0.1, -0.05) is 18.7 Å². The predicted octanol–water partition coefficient (Wildman–Crippen LogP) is 4.53. The maximum absolute atomic E-state index is 11.6. The fraction of sp³-hybridized carbons (Fsp3) is 0.296. The van der Waals surface area contributed by atoms with Crippen LogP contribution < -0.4 is 20.7 Å². The predicted molar refractivity (Wildman–Crippen MR) is 144 cm³/mol. The van der Waals surface area contributed by atoms with E-state index in [0.29, 0.717) is 35.1 Å². The third-order valence-electron chi connectivity index (χ3n) is 6.29. The van der Waals surface area contributed by atoms with Crippen molar-refractivity contribution >= 4 is 40.9 Å². The number of carbonyl (C=O) groups is 2. The molecule has 4 rings (SSSR count). The normalized spacial score (nSPS) is 13.5. The Kier molecular flexibility index (Phi) is 7.97. The highest BCUT2D eigenvalue weighted by molar-refractivity contribution is 5.98. The molecule has 10 nitrogen and oxygen atoms in total. The van der Waals surface area contributed by atoms with E-state index in [0.717, 1.165) is 37.2 Å². The first-order valence-corrected chi connectivity index (χ1v) is 12.1. The zero-order chi connectivity index (χ0) is 26.4. The van der Waals surface area contributed by atoms with E-state index in [4.69, 9.17) is 4.74 Å². The van der Waals surface area contributed by atoms with Crippen molar-refractivity contribution in [1.82, 2.24) is 19.9 Å². The molecule has 0 bridgehead atoms. The number of pyridine rings is 1. The number of piperidine rings is 1. The molecule has 1 aliphatic rings. The number of benzene rings is 1. The van der Waals surface area contributed by atoms with Gasteiger partial charge in [0.1, 0.15) is 23.2 Å². The van der Waals surface area contributed by atoms with E-state index in [1.54, 1.807) is 38.4 Å². The Balaban J connectivity index is 1.48. The maximum atomic E-state index is 11.6. The van der Waals surface area contributed by atoms with Crippen molar-refractivity contribution in [1.29, 1.82) is 0 Å². The number of hydrogen-bond acceptors (Lipinski definition) is 8. The van der Waals surface area contributed by atoms with Gasteiger partial charge in [-0.2, -0.15) is 4.98 Å². The molecule has 1 aromatic carbocycles. The van der Waals surface area contributed by atoms with Crippen LogP contribution in [0.3, 0.4) is 0 Å². The van der Waals surface area contributed by atoms with E-state index < -0.39 is 0 Å². The molecular formula is C27H31N7O3. The van der Waals surface area contributed by atoms with Crippen molar-refractivity contribution in [2.24, 2.45) is 0 Å². The summed E-state index contributed by atoms with van der Waals surface area (Å²) in [5, 5.41) is 9.07. The molecule has 2 amide bonds. The summed E-state index contributed by atoms with van der Waals surface area (Å²) < 4.78 is 5.66. The largest absolute Gasteiger partial charge is 0.495 e. The molecule has 0 aliphatic carbocycles. The third kappa shape index (κ3) is 6.40. The second kappa shape index (κ2) is 11.5. The highest BCUT2D eigenvalue weighted by Gasteiger charge is 2.23. The van der Waals surface area contributed by atoms with E-state index >= 15 is 0 Å². The van der Waals surface area contributed by atoms with Gasteiger partial charge in [-0.25, -0.2) is 9.97 Å². The molecule has 10 heteroatoms. The van der Waals surface area contributed by atoms with Crippen LogP contribution >= 0.6 is 0 Å². The van der Waals surface area contributed by atoms with E-state index in [1.807, 2.05) is 24.0 Å². The van der Waals surface area contributed by atoms with Crippen LogP contribution in [0.5, 0.6) is 5.75 Å². The second-order valence-corrected chi connectivity index (χ2v) is 8.82. The van der Waals surface area contributed by atoms with Crippen LogP contribution in [0.2, 0.25) is 0 Å². The molecule has 3 aromatic rings. The van der Waals surface area contributed by atoms with Crippen LogP contribution in [-0.4, -0.2) is 51.9 Å². The number of aromatic nitrogens is 3. The number of rotatable bonds is 8. The van der Waals surface area contributed by atoms with Gasteiger partial charge in [-0.3, -0.25) is 9.59 Å². The summed E-state index contributed by atoms with van der Waals surface area (Å²) in [6, 6.07) is 11.3. The zero-order valence-corrected chi connectivity index (χ0v) is 21.2. The number of nitrogens with one attached hydrogen (secondary N) is 3. The summed E-state index contributed by atoms with van der Waals surface area (Å²) in [6.07, 6.45) is 4.76. The minimum absolute atomic E-state index is 0.130. The number of ether oxygens (including phenoxy) is 1. The molecule has 1 fully saturated rings. The van der Waals surface area contributed by atoms with Crippen LogP contribution in [0.25, 0.3) is 0 Å². The molecule has 2 aromatic heterocycles. The number of amides is 2. The molecule has 0 unspecified atom stereocenters. The average molecular weight is 502 g/mol. The molecule has 1 saturated heterocycles. The van der Waals surface area contributed by atoms with Crippen molar-refractivity contribution in [3.05, 3.63) is 66.4 Å². The zero-order valence-electron chi connectivity index (χ0n) is 21.2. The topological polar surface area (TPSA) is 121 Å². The van der Waals surface area contributed by atoms with Gasteiger partial charge < -0.3 is 25.6 Å². The second-order valence-electron chi connectivity index (χ2n) is 8.82. The number of methoxy groups -OCH3 is 1. The lowest BCUT2D eigenvalue weighted by Crippen LogP contribution is -2.36. The van der Waals surface area contributed by atoms with Gasteiger partial charge in [0, 0.05) is 31.8 Å². The van der Waals surface area contributed by atoms with Crippen molar-refractivity contribution in [2.45, 2.75) is 32.6 Å². The van der Waals surface area contributed by atoms with Crippen LogP contribution in [-0.2, 0) is 9.59 Å². The molecule has 37 heavy (non-hydrogen) atoms. The van der Waals surface area contributed by atoms with Gasteiger partial charge in [0.25, 0.3) is 0 Å². The number of carbonyl (C=O) groups excluding carboxylic acids is 2. The summed E-state index contributed by atoms with van der Waals surface area (Å²) >= 11 is 0. The van der Waals surface area contributed by atoms with E-state index in [2.05, 4.69) is 43.5 Å². The van der Waals surface area contributed by atoms with Gasteiger partial charge in [-0.15, -0.1) is 0 Å². The van der Waals surface area contributed by atoms with Crippen LogP contribution in [0.15, 0.2) is 55.3 Å². The molecule has 3 N–H and O–H groups in total. The fourth-order valence-electron chi connectivity index (χ4n) is 4.21. The molecule has 0 atom stereocenters. The number of anilines is 5. The van der Waals surface area contributed by atoms with Gasteiger partial charge in [0.15, 0.2) is 0 Å². The van der Waals surface area contributed by atoms with Gasteiger partial charge in [0.2, 0.25) is 17.8 Å². The van der Waals surface area contributed by atoms with E-state index in [1.165, 1.54) is 11.6 Å². The van der Waals surface area contributed by atoms with Crippen LogP contribution in [0, 0.1) is 6.92 Å². The van der Waals surface area contributed by atoms with Crippen molar-refractivity contribution in [3.63, 3.8) is 0 Å². The maximum Gasteiger partial charge on any atom is 0.248 e. The Morgan fingerprint density at radius 3 is 2.57 bits per heavy atom. The minimum Gasteiger partial charge on any atom is -0.495 e. The summed E-state index contributed by atoms with van der Waals surface area (Å²) in [4.78, 5) is 38.5. The number of aryl methyl sites for hydroxylation is 1. The first-order chi connectivity index (χ1) is 17.9. The summed E-state index contributed by atoms with van der Waals surface area (Å²) in [5.74, 6) is 2.75. The van der Waals surface area contributed by atoms with E-state index in [-0.39, 0.29) is 11.8 Å². The van der Waals surface area contributed by atoms with Crippen LogP contribution in [0.1, 0.15) is 36.8 Å². The standard InChI is InChI=1S/C27H31N7O3/c1-5-25(36)31-23-7-6-8-24(30-23)32-26-17(2)16-28-27(33-26)29-21-10-9-20(15-22(21)37-4)19-11-13-34(14-12-19)18(3)35/h5-10,15-16,19H,1,11-14H2,2-4H3,(H3,28,29,30,31,32,33,36). The summed E-state index contributed by atoms with van der Waals surface area (Å²) in [5.41, 5.74) is 2.76. The lowest BCUT2D eigenvalue weighted by molar-refractivity contribution is -0.129. The Hall–Kier alpha value is -4.47. The highest BCUT2D eigenvalue weighted by Crippen LogP contribution is 2.35. The van der Waals surface area contributed by atoms with Gasteiger partial charge in [0.05, 0.1) is 12.8 Å². The first kappa shape index (κ1) is 25.6. The Labute approximate surface area is 216 Å². The Morgan fingerprint density at radius 2 is 1.86 bits per heavy atom.